The van der Waals surface area contributed by atoms with Crippen LogP contribution in [0.1, 0.15) is 0 Å². The highest BCUT2D eigenvalue weighted by molar-refractivity contribution is 7.25. The summed E-state index contributed by atoms with van der Waals surface area (Å²) in [5, 5.41) is 5.08. The number of hydrogen-bond donors (Lipinski definition) is 0. The molecule has 56 heavy (non-hydrogen) atoms. The molecule has 8 aromatic carbocycles. The number of aromatic nitrogens is 4. The lowest BCUT2D eigenvalue weighted by molar-refractivity contribution is 1.07. The fourth-order valence-corrected chi connectivity index (χ4v) is 9.06. The number of benzene rings is 8. The SMILES string of the molecule is c1ccc(-c2nc(-c3ccccc3)nc(-c3cccc(-c4ccc5c(c4)c4ccccc4n5-c4ccc(-c5ccc6c(c5)sc5ccccc56)cc4)c3)n2)cc1. The average molecular weight is 733 g/mol. The Bertz CT molecular complexity index is 3180. The van der Waals surface area contributed by atoms with E-state index >= 15 is 0 Å². The van der Waals surface area contributed by atoms with Crippen molar-refractivity contribution in [2.75, 3.05) is 0 Å². The summed E-state index contributed by atoms with van der Waals surface area (Å²) >= 11 is 1.86. The molecule has 0 amide bonds. The normalized spacial score (nSPS) is 11.6. The van der Waals surface area contributed by atoms with Gasteiger partial charge in [0.2, 0.25) is 0 Å². The summed E-state index contributed by atoms with van der Waals surface area (Å²) in [5.41, 5.74) is 11.0. The first-order valence-corrected chi connectivity index (χ1v) is 19.6. The second kappa shape index (κ2) is 13.3. The largest absolute Gasteiger partial charge is 0.309 e. The van der Waals surface area contributed by atoms with Gasteiger partial charge in [0.1, 0.15) is 0 Å². The van der Waals surface area contributed by atoms with E-state index in [1.807, 2.05) is 72.0 Å². The van der Waals surface area contributed by atoms with Crippen LogP contribution in [0.15, 0.2) is 194 Å². The third-order valence-electron chi connectivity index (χ3n) is 10.7. The van der Waals surface area contributed by atoms with Crippen LogP contribution in [0.4, 0.5) is 0 Å². The summed E-state index contributed by atoms with van der Waals surface area (Å²) in [5.74, 6) is 1.95. The summed E-state index contributed by atoms with van der Waals surface area (Å²) in [6, 6.07) is 68.7. The molecular formula is C51H32N4S. The van der Waals surface area contributed by atoms with E-state index in [-0.39, 0.29) is 0 Å². The summed E-state index contributed by atoms with van der Waals surface area (Å²) in [6.45, 7) is 0. The van der Waals surface area contributed by atoms with E-state index in [1.54, 1.807) is 0 Å². The standard InChI is InChI=1S/C51H32N4S/c1-3-12-34(13-4-1)49-52-50(35-14-5-2-6-15-35)54-51(53-49)39-17-11-16-36(30-39)37-25-29-46-44(31-37)41-18-7-9-20-45(41)55(46)40-26-22-33(23-27-40)38-24-28-43-42-19-8-10-21-47(42)56-48(43)32-38/h1-32H. The van der Waals surface area contributed by atoms with Crippen LogP contribution in [-0.4, -0.2) is 19.5 Å². The van der Waals surface area contributed by atoms with Crippen molar-refractivity contribution in [1.82, 2.24) is 19.5 Å². The molecule has 0 unspecified atom stereocenters. The van der Waals surface area contributed by atoms with Crippen LogP contribution in [-0.2, 0) is 0 Å². The van der Waals surface area contributed by atoms with Crippen molar-refractivity contribution in [2.45, 2.75) is 0 Å². The second-order valence-corrected chi connectivity index (χ2v) is 15.1. The molecule has 5 heteroatoms. The van der Waals surface area contributed by atoms with E-state index in [0.29, 0.717) is 17.5 Å². The molecule has 0 saturated heterocycles. The third-order valence-corrected chi connectivity index (χ3v) is 11.8. The molecule has 3 aromatic heterocycles. The maximum Gasteiger partial charge on any atom is 0.164 e. The molecular weight excluding hydrogens is 701 g/mol. The molecule has 0 saturated carbocycles. The van der Waals surface area contributed by atoms with Gasteiger partial charge in [-0.25, -0.2) is 15.0 Å². The second-order valence-electron chi connectivity index (χ2n) is 14.1. The topological polar surface area (TPSA) is 43.6 Å². The van der Waals surface area contributed by atoms with Crippen molar-refractivity contribution in [3.63, 3.8) is 0 Å². The van der Waals surface area contributed by atoms with Gasteiger partial charge < -0.3 is 4.57 Å². The zero-order valence-corrected chi connectivity index (χ0v) is 31.0. The summed E-state index contributed by atoms with van der Waals surface area (Å²) in [6.07, 6.45) is 0. The Morgan fingerprint density at radius 3 is 1.57 bits per heavy atom. The lowest BCUT2D eigenvalue weighted by Crippen LogP contribution is -2.00. The van der Waals surface area contributed by atoms with Crippen molar-refractivity contribution in [2.24, 2.45) is 0 Å². The number of fused-ring (bicyclic) bond motifs is 6. The molecule has 3 heterocycles. The average Bonchev–Trinajstić information content (AvgIpc) is 3.82. The Morgan fingerprint density at radius 1 is 0.304 bits per heavy atom. The van der Waals surface area contributed by atoms with Gasteiger partial charge in [0, 0.05) is 53.3 Å². The van der Waals surface area contributed by atoms with Gasteiger partial charge in [-0.3, -0.25) is 0 Å². The van der Waals surface area contributed by atoms with Gasteiger partial charge >= 0.3 is 0 Å². The maximum absolute atomic E-state index is 4.98. The van der Waals surface area contributed by atoms with Crippen LogP contribution in [0.2, 0.25) is 0 Å². The fourth-order valence-electron chi connectivity index (χ4n) is 7.91. The Labute approximate surface area is 327 Å². The highest BCUT2D eigenvalue weighted by Crippen LogP contribution is 2.38. The smallest absolute Gasteiger partial charge is 0.164 e. The molecule has 0 atom stereocenters. The van der Waals surface area contributed by atoms with Crippen molar-refractivity contribution < 1.29 is 0 Å². The Hall–Kier alpha value is -7.21. The molecule has 4 nitrogen and oxygen atoms in total. The molecule has 0 spiro atoms. The van der Waals surface area contributed by atoms with E-state index < -0.39 is 0 Å². The van der Waals surface area contributed by atoms with Crippen LogP contribution < -0.4 is 0 Å². The molecule has 0 N–H and O–H groups in total. The molecule has 11 aromatic rings. The van der Waals surface area contributed by atoms with Gasteiger partial charge in [0.25, 0.3) is 0 Å². The highest BCUT2D eigenvalue weighted by atomic mass is 32.1. The van der Waals surface area contributed by atoms with Crippen molar-refractivity contribution in [3.05, 3.63) is 194 Å². The molecule has 0 aliphatic heterocycles. The number of nitrogens with zero attached hydrogens (tertiary/aromatic N) is 4. The van der Waals surface area contributed by atoms with E-state index in [2.05, 4.69) is 138 Å². The van der Waals surface area contributed by atoms with Crippen LogP contribution in [0.3, 0.4) is 0 Å². The number of para-hydroxylation sites is 1. The van der Waals surface area contributed by atoms with E-state index in [9.17, 15) is 0 Å². The maximum atomic E-state index is 4.98. The first-order valence-electron chi connectivity index (χ1n) is 18.8. The van der Waals surface area contributed by atoms with Gasteiger partial charge in [-0.2, -0.15) is 0 Å². The molecule has 262 valence electrons. The molecule has 0 aliphatic carbocycles. The third kappa shape index (κ3) is 5.56. The van der Waals surface area contributed by atoms with Crippen molar-refractivity contribution in [3.8, 4) is 62.1 Å². The van der Waals surface area contributed by atoms with Gasteiger partial charge in [0.05, 0.1) is 11.0 Å². The van der Waals surface area contributed by atoms with Gasteiger partial charge in [-0.1, -0.05) is 146 Å². The van der Waals surface area contributed by atoms with Crippen molar-refractivity contribution >= 4 is 53.3 Å². The minimum Gasteiger partial charge on any atom is -0.309 e. The first-order chi connectivity index (χ1) is 27.7. The molecule has 0 bridgehead atoms. The van der Waals surface area contributed by atoms with Gasteiger partial charge in [-0.05, 0) is 70.8 Å². The van der Waals surface area contributed by atoms with Crippen LogP contribution in [0.5, 0.6) is 0 Å². The molecule has 0 fully saturated rings. The summed E-state index contributed by atoms with van der Waals surface area (Å²) < 4.78 is 5.03. The molecule has 11 rings (SSSR count). The van der Waals surface area contributed by atoms with Gasteiger partial charge in [0.15, 0.2) is 17.5 Å². The molecule has 0 radical (unpaired) electrons. The highest BCUT2D eigenvalue weighted by Gasteiger charge is 2.16. The zero-order valence-electron chi connectivity index (χ0n) is 30.2. The predicted octanol–water partition coefficient (Wildman–Crippen LogP) is 13.7. The first kappa shape index (κ1) is 32.2. The lowest BCUT2D eigenvalue weighted by atomic mass is 10.0. The zero-order chi connectivity index (χ0) is 37.0. The van der Waals surface area contributed by atoms with Gasteiger partial charge in [-0.15, -0.1) is 11.3 Å². The van der Waals surface area contributed by atoms with Crippen molar-refractivity contribution in [1.29, 1.82) is 0 Å². The van der Waals surface area contributed by atoms with Crippen LogP contribution in [0.25, 0.3) is 104 Å². The monoisotopic (exact) mass is 732 g/mol. The number of hydrogen-bond acceptors (Lipinski definition) is 4. The molecule has 0 aliphatic rings. The minimum absolute atomic E-state index is 0.643. The Morgan fingerprint density at radius 2 is 0.821 bits per heavy atom. The van der Waals surface area contributed by atoms with E-state index in [1.165, 1.54) is 53.1 Å². The van der Waals surface area contributed by atoms with E-state index in [0.717, 1.165) is 33.5 Å². The lowest BCUT2D eigenvalue weighted by Gasteiger charge is -2.11. The van der Waals surface area contributed by atoms with Crippen LogP contribution in [0, 0.1) is 0 Å². The Balaban J connectivity index is 0.973. The minimum atomic E-state index is 0.643. The number of rotatable bonds is 6. The summed E-state index contributed by atoms with van der Waals surface area (Å²) in [4.78, 5) is 14.9. The predicted molar refractivity (Wildman–Crippen MR) is 234 cm³/mol. The fraction of sp³-hybridized carbons (Fsp3) is 0. The van der Waals surface area contributed by atoms with E-state index in [4.69, 9.17) is 15.0 Å². The quantitative estimate of drug-likeness (QED) is 0.171. The Kier molecular flexibility index (Phi) is 7.64. The van der Waals surface area contributed by atoms with Crippen LogP contribution >= 0.6 is 11.3 Å². The summed E-state index contributed by atoms with van der Waals surface area (Å²) in [7, 11) is 0. The number of thiophene rings is 1.